The Balaban J connectivity index is 1.90. The maximum Gasteiger partial charge on any atom is 0.136 e. The average Bonchev–Trinajstić information content (AvgIpc) is 2.86. The van der Waals surface area contributed by atoms with Gasteiger partial charge in [0.1, 0.15) is 11.5 Å². The highest BCUT2D eigenvalue weighted by Crippen LogP contribution is 2.23. The van der Waals surface area contributed by atoms with Crippen LogP contribution in [0.5, 0.6) is 0 Å². The quantitative estimate of drug-likeness (QED) is 0.705. The zero-order valence-corrected chi connectivity index (χ0v) is 10.1. The van der Waals surface area contributed by atoms with Crippen LogP contribution < -0.4 is 10.8 Å². The van der Waals surface area contributed by atoms with E-state index in [2.05, 4.69) is 15.3 Å². The third-order valence-electron chi connectivity index (χ3n) is 2.52. The number of thiazole rings is 1. The molecule has 0 aliphatic heterocycles. The topological polar surface area (TPSA) is 77.5 Å². The Morgan fingerprint density at radius 3 is 3.00 bits per heavy atom. The van der Waals surface area contributed by atoms with Crippen LogP contribution in [0.2, 0.25) is 0 Å². The van der Waals surface area contributed by atoms with Gasteiger partial charge in [-0.25, -0.2) is 9.97 Å². The summed E-state index contributed by atoms with van der Waals surface area (Å²) >= 11 is 1.61. The lowest BCUT2D eigenvalue weighted by Gasteiger charge is -2.07. The summed E-state index contributed by atoms with van der Waals surface area (Å²) in [7, 11) is 0. The van der Waals surface area contributed by atoms with Crippen molar-refractivity contribution in [2.75, 3.05) is 5.32 Å². The van der Waals surface area contributed by atoms with E-state index in [1.807, 2.05) is 23.7 Å². The van der Waals surface area contributed by atoms with Crippen LogP contribution >= 0.6 is 11.3 Å². The van der Waals surface area contributed by atoms with E-state index in [4.69, 9.17) is 0 Å². The lowest BCUT2D eigenvalue weighted by Crippen LogP contribution is -2.70. The van der Waals surface area contributed by atoms with Crippen LogP contribution in [0.25, 0.3) is 10.2 Å². The molecule has 0 saturated heterocycles. The molecule has 0 aliphatic carbocycles. The molecule has 0 unspecified atom stereocenters. The van der Waals surface area contributed by atoms with Crippen molar-refractivity contribution in [3.63, 3.8) is 0 Å². The normalized spacial score (nSPS) is 10.7. The number of pyridine rings is 1. The van der Waals surface area contributed by atoms with Crippen molar-refractivity contribution in [3.05, 3.63) is 47.2 Å². The first-order chi connectivity index (χ1) is 8.85. The molecule has 1 aromatic carbocycles. The molecule has 18 heavy (non-hydrogen) atoms. The van der Waals surface area contributed by atoms with Gasteiger partial charge in [-0.3, -0.25) is 0 Å². The van der Waals surface area contributed by atoms with Crippen LogP contribution in [0, 0.1) is 5.21 Å². The van der Waals surface area contributed by atoms with Crippen molar-refractivity contribution in [3.8, 4) is 0 Å². The number of hydrogen-bond donors (Lipinski definition) is 2. The molecular weight excluding hydrogens is 248 g/mol. The summed E-state index contributed by atoms with van der Waals surface area (Å²) in [6, 6.07) is 9.32. The molecule has 0 atom stereocenters. The predicted octanol–water partition coefficient (Wildman–Crippen LogP) is 2.13. The number of nitrogens with two attached hydrogens (primary N) is 1. The zero-order valence-electron chi connectivity index (χ0n) is 9.33. The molecule has 6 heteroatoms. The number of quaternary nitrogens is 1. The molecule has 0 radical (unpaired) electrons. The highest BCUT2D eigenvalue weighted by molar-refractivity contribution is 7.16. The molecule has 5 nitrogen and oxygen atoms in total. The Morgan fingerprint density at radius 2 is 2.11 bits per heavy atom. The minimum atomic E-state index is 0.599. The second-order valence-electron chi connectivity index (χ2n) is 3.75. The van der Waals surface area contributed by atoms with Crippen LogP contribution in [-0.2, 0) is 0 Å². The van der Waals surface area contributed by atoms with Crippen LogP contribution in [0.3, 0.4) is 0 Å². The van der Waals surface area contributed by atoms with Gasteiger partial charge in [0.2, 0.25) is 0 Å². The third-order valence-corrected chi connectivity index (χ3v) is 3.33. The van der Waals surface area contributed by atoms with E-state index >= 15 is 0 Å². The average molecular weight is 258 g/mol. The number of hydrogen-bond acceptors (Lipinski definition) is 5. The molecule has 0 bridgehead atoms. The number of benzene rings is 1. The Bertz CT molecular complexity index is 682. The summed E-state index contributed by atoms with van der Waals surface area (Å²) in [6.07, 6.45) is 1.60. The molecule has 2 aromatic heterocycles. The highest BCUT2D eigenvalue weighted by Gasteiger charge is 2.01. The number of fused-ring (bicyclic) bond motifs is 1. The minimum Gasteiger partial charge on any atom is -0.630 e. The first kappa shape index (κ1) is 11.1. The first-order valence-corrected chi connectivity index (χ1v) is 6.24. The third kappa shape index (κ3) is 2.17. The number of nitrogens with one attached hydrogen (secondary N) is 1. The van der Waals surface area contributed by atoms with Crippen LogP contribution in [0.1, 0.15) is 0 Å². The van der Waals surface area contributed by atoms with Crippen molar-refractivity contribution in [2.45, 2.75) is 0 Å². The fourth-order valence-electron chi connectivity index (χ4n) is 1.67. The monoisotopic (exact) mass is 258 g/mol. The molecular formula is C12H10N4OS. The Morgan fingerprint density at radius 1 is 1.17 bits per heavy atom. The van der Waals surface area contributed by atoms with Gasteiger partial charge in [0, 0.05) is 24.0 Å². The molecule has 2 heterocycles. The Kier molecular flexibility index (Phi) is 2.89. The Labute approximate surface area is 107 Å². The van der Waals surface area contributed by atoms with Gasteiger partial charge in [-0.15, -0.1) is 11.3 Å². The molecule has 3 N–H and O–H groups in total. The summed E-state index contributed by atoms with van der Waals surface area (Å²) < 4.78 is 1.15. The van der Waals surface area contributed by atoms with E-state index in [1.54, 1.807) is 29.7 Å². The summed E-state index contributed by atoms with van der Waals surface area (Å²) in [5.74, 6) is 0.647. The van der Waals surface area contributed by atoms with Gasteiger partial charge in [0.15, 0.2) is 0 Å². The number of anilines is 2. The van der Waals surface area contributed by atoms with Gasteiger partial charge in [-0.05, 0) is 18.2 Å². The van der Waals surface area contributed by atoms with Crippen molar-refractivity contribution in [2.24, 2.45) is 0 Å². The summed E-state index contributed by atoms with van der Waals surface area (Å²) in [4.78, 5) is 8.42. The first-order valence-electron chi connectivity index (χ1n) is 5.37. The fourth-order valence-corrected chi connectivity index (χ4v) is 2.33. The van der Waals surface area contributed by atoms with Crippen LogP contribution in [0.4, 0.5) is 17.2 Å². The predicted molar refractivity (Wildman–Crippen MR) is 72.1 cm³/mol. The van der Waals surface area contributed by atoms with E-state index < -0.39 is 0 Å². The number of aromatic nitrogens is 2. The second-order valence-corrected chi connectivity index (χ2v) is 4.64. The molecule has 90 valence electrons. The summed E-state index contributed by atoms with van der Waals surface area (Å²) in [5, 5.41) is 13.8. The molecule has 3 rings (SSSR count). The number of nitrogens with zero attached hydrogens (tertiary/aromatic N) is 2. The second kappa shape index (κ2) is 4.69. The van der Waals surface area contributed by atoms with Crippen molar-refractivity contribution >= 4 is 38.7 Å². The molecule has 0 spiro atoms. The van der Waals surface area contributed by atoms with E-state index in [9.17, 15) is 5.21 Å². The maximum absolute atomic E-state index is 10.7. The zero-order chi connectivity index (χ0) is 12.4. The standard InChI is InChI=1S/C12H10N4OS/c17-16-9-3-4-13-12(6-9)15-8-1-2-11-10(5-8)14-7-18-11/h1-7H,16H2,(H,13,15). The lowest BCUT2D eigenvalue weighted by molar-refractivity contribution is -0.497. The smallest absolute Gasteiger partial charge is 0.136 e. The molecule has 3 aromatic rings. The molecule has 0 aliphatic rings. The summed E-state index contributed by atoms with van der Waals surface area (Å²) in [5.41, 5.74) is 5.08. The van der Waals surface area contributed by atoms with E-state index in [0.29, 0.717) is 11.5 Å². The van der Waals surface area contributed by atoms with Gasteiger partial charge in [0.25, 0.3) is 0 Å². The molecule has 0 amide bonds. The Hall–Kier alpha value is -2.02. The highest BCUT2D eigenvalue weighted by atomic mass is 32.1. The lowest BCUT2D eigenvalue weighted by atomic mass is 10.3. The van der Waals surface area contributed by atoms with Gasteiger partial charge in [-0.2, -0.15) is 0 Å². The van der Waals surface area contributed by atoms with E-state index in [1.165, 1.54) is 0 Å². The van der Waals surface area contributed by atoms with E-state index in [-0.39, 0.29) is 0 Å². The van der Waals surface area contributed by atoms with Gasteiger partial charge >= 0.3 is 0 Å². The SMILES string of the molecule is [O-][NH2+]c1ccnc(Nc2ccc3scnc3c2)c1. The number of rotatable bonds is 3. The molecule has 0 saturated carbocycles. The van der Waals surface area contributed by atoms with Gasteiger partial charge in [-0.1, -0.05) is 0 Å². The molecule has 0 fully saturated rings. The van der Waals surface area contributed by atoms with Gasteiger partial charge < -0.3 is 16.0 Å². The summed E-state index contributed by atoms with van der Waals surface area (Å²) in [6.45, 7) is 0. The fraction of sp³-hybridized carbons (Fsp3) is 0. The van der Waals surface area contributed by atoms with E-state index in [0.717, 1.165) is 21.4 Å². The van der Waals surface area contributed by atoms with Crippen molar-refractivity contribution in [1.82, 2.24) is 9.97 Å². The van der Waals surface area contributed by atoms with Crippen molar-refractivity contribution in [1.29, 1.82) is 0 Å². The van der Waals surface area contributed by atoms with Crippen LogP contribution in [-0.4, -0.2) is 9.97 Å². The van der Waals surface area contributed by atoms with Gasteiger partial charge in [0.05, 0.1) is 15.7 Å². The minimum absolute atomic E-state index is 0.599. The van der Waals surface area contributed by atoms with Crippen molar-refractivity contribution < 1.29 is 5.48 Å². The van der Waals surface area contributed by atoms with Crippen LogP contribution in [0.15, 0.2) is 42.0 Å². The maximum atomic E-state index is 10.7. The largest absolute Gasteiger partial charge is 0.630 e.